The third-order valence-corrected chi connectivity index (χ3v) is 2.12. The highest BCUT2D eigenvalue weighted by Gasteiger charge is 2.11. The zero-order valence-corrected chi connectivity index (χ0v) is 8.94. The highest BCUT2D eigenvalue weighted by atomic mass is 16.5. The minimum Gasteiger partial charge on any atom is -0.496 e. The molecule has 1 aromatic carbocycles. The highest BCUT2D eigenvalue weighted by molar-refractivity contribution is 5.35. The number of para-hydroxylation sites is 1. The van der Waals surface area contributed by atoms with Crippen LogP contribution in [0.4, 0.5) is 0 Å². The Hall–Kier alpha value is -1.32. The Morgan fingerprint density at radius 2 is 2.27 bits per heavy atom. The quantitative estimate of drug-likeness (QED) is 0.548. The molecule has 1 unspecified atom stereocenters. The van der Waals surface area contributed by atoms with E-state index in [1.54, 1.807) is 13.2 Å². The number of rotatable bonds is 6. The fraction of sp³-hybridized carbons (Fsp3) is 0.333. The summed E-state index contributed by atoms with van der Waals surface area (Å²) in [5.41, 5.74) is 0.802. The van der Waals surface area contributed by atoms with Gasteiger partial charge in [-0.1, -0.05) is 24.3 Å². The summed E-state index contributed by atoms with van der Waals surface area (Å²) in [6.07, 6.45) is 1.20. The molecule has 1 rings (SSSR count). The van der Waals surface area contributed by atoms with Crippen LogP contribution in [-0.2, 0) is 0 Å². The molecule has 82 valence electrons. The molecule has 3 nitrogen and oxygen atoms in total. The minimum absolute atomic E-state index is 0.492. The molecule has 15 heavy (non-hydrogen) atoms. The topological polar surface area (TPSA) is 41.5 Å². The fourth-order valence-electron chi connectivity index (χ4n) is 1.37. The van der Waals surface area contributed by atoms with Crippen molar-refractivity contribution in [1.82, 2.24) is 5.32 Å². The van der Waals surface area contributed by atoms with Crippen LogP contribution in [0.5, 0.6) is 5.75 Å². The molecule has 0 aliphatic rings. The molecular formula is C12H17NO2. The van der Waals surface area contributed by atoms with E-state index in [9.17, 15) is 5.11 Å². The van der Waals surface area contributed by atoms with Crippen LogP contribution in [0.2, 0.25) is 0 Å². The maximum absolute atomic E-state index is 9.88. The molecule has 0 saturated carbocycles. The van der Waals surface area contributed by atoms with E-state index in [1.165, 1.54) is 0 Å². The van der Waals surface area contributed by atoms with Gasteiger partial charge in [0, 0.05) is 18.7 Å². The maximum atomic E-state index is 9.88. The smallest absolute Gasteiger partial charge is 0.124 e. The van der Waals surface area contributed by atoms with Gasteiger partial charge in [0.25, 0.3) is 0 Å². The standard InChI is InChI=1S/C12H17NO2/c1-3-8-13-9-11(14)10-6-4-5-7-12(10)15-2/h3-7,11,13-14H,1,8-9H2,2H3. The lowest BCUT2D eigenvalue weighted by molar-refractivity contribution is 0.172. The average molecular weight is 207 g/mol. The zero-order chi connectivity index (χ0) is 11.1. The second kappa shape index (κ2) is 6.22. The monoisotopic (exact) mass is 207 g/mol. The van der Waals surface area contributed by atoms with Gasteiger partial charge >= 0.3 is 0 Å². The van der Waals surface area contributed by atoms with Crippen LogP contribution in [0, 0.1) is 0 Å². The second-order valence-corrected chi connectivity index (χ2v) is 3.20. The van der Waals surface area contributed by atoms with Crippen LogP contribution < -0.4 is 10.1 Å². The summed E-state index contributed by atoms with van der Waals surface area (Å²) in [6, 6.07) is 7.46. The molecule has 2 N–H and O–H groups in total. The first-order valence-corrected chi connectivity index (χ1v) is 4.92. The molecule has 0 fully saturated rings. The number of hydrogen-bond acceptors (Lipinski definition) is 3. The summed E-state index contributed by atoms with van der Waals surface area (Å²) in [5.74, 6) is 0.713. The number of nitrogens with one attached hydrogen (secondary N) is 1. The predicted octanol–water partition coefficient (Wildman–Crippen LogP) is 1.50. The Morgan fingerprint density at radius 1 is 1.53 bits per heavy atom. The summed E-state index contributed by atoms with van der Waals surface area (Å²) in [4.78, 5) is 0. The third kappa shape index (κ3) is 3.38. The highest BCUT2D eigenvalue weighted by Crippen LogP contribution is 2.23. The fourth-order valence-corrected chi connectivity index (χ4v) is 1.37. The number of methoxy groups -OCH3 is 1. The van der Waals surface area contributed by atoms with Gasteiger partial charge in [-0.2, -0.15) is 0 Å². The van der Waals surface area contributed by atoms with E-state index in [-0.39, 0.29) is 0 Å². The molecule has 1 aromatic rings. The number of aliphatic hydroxyl groups excluding tert-OH is 1. The molecule has 0 aliphatic heterocycles. The number of hydrogen-bond donors (Lipinski definition) is 2. The van der Waals surface area contributed by atoms with Gasteiger partial charge in [-0.25, -0.2) is 0 Å². The average Bonchev–Trinajstić information content (AvgIpc) is 2.29. The first kappa shape index (κ1) is 11.8. The molecule has 1 atom stereocenters. The molecule has 0 radical (unpaired) electrons. The van der Waals surface area contributed by atoms with Gasteiger partial charge in [0.2, 0.25) is 0 Å². The summed E-state index contributed by atoms with van der Waals surface area (Å²) >= 11 is 0. The van der Waals surface area contributed by atoms with Crippen LogP contribution in [0.25, 0.3) is 0 Å². The lowest BCUT2D eigenvalue weighted by atomic mass is 10.1. The molecule has 0 spiro atoms. The molecule has 0 bridgehead atoms. The predicted molar refractivity (Wildman–Crippen MR) is 61.0 cm³/mol. The summed E-state index contributed by atoms with van der Waals surface area (Å²) in [5, 5.41) is 12.9. The Morgan fingerprint density at radius 3 is 2.93 bits per heavy atom. The van der Waals surface area contributed by atoms with Crippen molar-refractivity contribution in [3.63, 3.8) is 0 Å². The van der Waals surface area contributed by atoms with Gasteiger partial charge in [-0.3, -0.25) is 0 Å². The lowest BCUT2D eigenvalue weighted by Crippen LogP contribution is -2.21. The Kier molecular flexibility index (Phi) is 4.87. The van der Waals surface area contributed by atoms with E-state index in [1.807, 2.05) is 24.3 Å². The summed E-state index contributed by atoms with van der Waals surface area (Å²) in [7, 11) is 1.60. The second-order valence-electron chi connectivity index (χ2n) is 3.20. The van der Waals surface area contributed by atoms with Crippen molar-refractivity contribution in [2.45, 2.75) is 6.10 Å². The molecular weight excluding hydrogens is 190 g/mol. The third-order valence-electron chi connectivity index (χ3n) is 2.12. The summed E-state index contributed by atoms with van der Waals surface area (Å²) in [6.45, 7) is 4.77. The molecule has 0 amide bonds. The van der Waals surface area contributed by atoms with Gasteiger partial charge in [-0.05, 0) is 6.07 Å². The minimum atomic E-state index is -0.555. The molecule has 3 heteroatoms. The first-order chi connectivity index (χ1) is 7.29. The zero-order valence-electron chi connectivity index (χ0n) is 8.94. The van der Waals surface area contributed by atoms with E-state index >= 15 is 0 Å². The van der Waals surface area contributed by atoms with E-state index in [4.69, 9.17) is 4.74 Å². The molecule has 0 aliphatic carbocycles. The van der Waals surface area contributed by atoms with Crippen molar-refractivity contribution in [3.05, 3.63) is 42.5 Å². The summed E-state index contributed by atoms with van der Waals surface area (Å²) < 4.78 is 5.16. The van der Waals surface area contributed by atoms with Gasteiger partial charge in [0.1, 0.15) is 5.75 Å². The van der Waals surface area contributed by atoms with Crippen LogP contribution in [0.3, 0.4) is 0 Å². The van der Waals surface area contributed by atoms with Crippen molar-refractivity contribution < 1.29 is 9.84 Å². The van der Waals surface area contributed by atoms with Crippen molar-refractivity contribution in [3.8, 4) is 5.75 Å². The maximum Gasteiger partial charge on any atom is 0.124 e. The van der Waals surface area contributed by atoms with Gasteiger partial charge in [-0.15, -0.1) is 6.58 Å². The van der Waals surface area contributed by atoms with E-state index < -0.39 is 6.10 Å². The van der Waals surface area contributed by atoms with Crippen LogP contribution >= 0.6 is 0 Å². The Balaban J connectivity index is 2.63. The number of aliphatic hydroxyl groups is 1. The van der Waals surface area contributed by atoms with E-state index in [2.05, 4.69) is 11.9 Å². The normalized spacial score (nSPS) is 12.1. The van der Waals surface area contributed by atoms with Crippen molar-refractivity contribution in [2.75, 3.05) is 20.2 Å². The Bertz CT molecular complexity index is 312. The largest absolute Gasteiger partial charge is 0.496 e. The van der Waals surface area contributed by atoms with Crippen LogP contribution in [-0.4, -0.2) is 25.3 Å². The molecule has 0 heterocycles. The van der Waals surface area contributed by atoms with Gasteiger partial charge < -0.3 is 15.2 Å². The van der Waals surface area contributed by atoms with Crippen molar-refractivity contribution in [2.24, 2.45) is 0 Å². The van der Waals surface area contributed by atoms with E-state index in [0.29, 0.717) is 18.8 Å². The molecule has 0 saturated heterocycles. The van der Waals surface area contributed by atoms with Crippen LogP contribution in [0.15, 0.2) is 36.9 Å². The number of benzene rings is 1. The lowest BCUT2D eigenvalue weighted by Gasteiger charge is -2.14. The SMILES string of the molecule is C=CCNCC(O)c1ccccc1OC. The Labute approximate surface area is 90.4 Å². The van der Waals surface area contributed by atoms with Gasteiger partial charge in [0.15, 0.2) is 0 Å². The van der Waals surface area contributed by atoms with Crippen molar-refractivity contribution >= 4 is 0 Å². The molecule has 0 aromatic heterocycles. The van der Waals surface area contributed by atoms with Gasteiger partial charge in [0.05, 0.1) is 13.2 Å². The number of ether oxygens (including phenoxy) is 1. The van der Waals surface area contributed by atoms with Crippen molar-refractivity contribution in [1.29, 1.82) is 0 Å². The van der Waals surface area contributed by atoms with E-state index in [0.717, 1.165) is 5.56 Å². The first-order valence-electron chi connectivity index (χ1n) is 4.92. The van der Waals surface area contributed by atoms with Crippen LogP contribution in [0.1, 0.15) is 11.7 Å².